The molecule has 1 aromatic rings. The number of ether oxygens (including phenoxy) is 3. The molecule has 1 rings (SSSR count). The fraction of sp³-hybridized carbons (Fsp3) is 0.600. The number of methoxy groups -OCH3 is 3. The van der Waals surface area contributed by atoms with Gasteiger partial charge in [0.1, 0.15) is 0 Å². The first-order valence-corrected chi connectivity index (χ1v) is 6.76. The Morgan fingerprint density at radius 3 is 2.45 bits per heavy atom. The summed E-state index contributed by atoms with van der Waals surface area (Å²) in [6, 6.07) is 5.40. The first-order valence-electron chi connectivity index (χ1n) is 6.76. The second-order valence-corrected chi connectivity index (χ2v) is 4.65. The van der Waals surface area contributed by atoms with E-state index in [4.69, 9.17) is 14.2 Å². The average Bonchev–Trinajstić information content (AvgIpc) is 2.49. The maximum absolute atomic E-state index is 10.3. The molecule has 114 valence electrons. The maximum Gasteiger partial charge on any atom is 0.161 e. The fourth-order valence-electron chi connectivity index (χ4n) is 1.98. The van der Waals surface area contributed by atoms with Gasteiger partial charge in [-0.15, -0.1) is 0 Å². The van der Waals surface area contributed by atoms with Crippen LogP contribution in [-0.4, -0.2) is 45.6 Å². The molecule has 0 aliphatic heterocycles. The third-order valence-electron chi connectivity index (χ3n) is 3.21. The zero-order chi connectivity index (χ0) is 15.0. The lowest BCUT2D eigenvalue weighted by molar-refractivity contribution is 0.132. The molecule has 0 aliphatic carbocycles. The van der Waals surface area contributed by atoms with Crippen molar-refractivity contribution in [3.63, 3.8) is 0 Å². The summed E-state index contributed by atoms with van der Waals surface area (Å²) in [6.45, 7) is 3.47. The molecule has 1 aromatic carbocycles. The monoisotopic (exact) mass is 283 g/mol. The summed E-state index contributed by atoms with van der Waals surface area (Å²) in [5.74, 6) is 1.28. The van der Waals surface area contributed by atoms with Crippen molar-refractivity contribution in [3.05, 3.63) is 23.8 Å². The van der Waals surface area contributed by atoms with Crippen molar-refractivity contribution < 1.29 is 19.3 Å². The molecule has 2 unspecified atom stereocenters. The molecular weight excluding hydrogens is 258 g/mol. The van der Waals surface area contributed by atoms with Crippen LogP contribution in [0.5, 0.6) is 11.5 Å². The van der Waals surface area contributed by atoms with Gasteiger partial charge in [0.15, 0.2) is 11.5 Å². The van der Waals surface area contributed by atoms with Gasteiger partial charge >= 0.3 is 0 Å². The van der Waals surface area contributed by atoms with E-state index < -0.39 is 6.10 Å². The van der Waals surface area contributed by atoms with Crippen molar-refractivity contribution in [3.8, 4) is 11.5 Å². The van der Waals surface area contributed by atoms with Gasteiger partial charge in [-0.05, 0) is 37.6 Å². The lowest BCUT2D eigenvalue weighted by Crippen LogP contribution is -2.33. The van der Waals surface area contributed by atoms with Crippen LogP contribution in [-0.2, 0) is 4.74 Å². The molecule has 0 heterocycles. The molecule has 0 saturated heterocycles. The lowest BCUT2D eigenvalue weighted by Gasteiger charge is -2.21. The summed E-state index contributed by atoms with van der Waals surface area (Å²) in [7, 11) is 4.86. The molecular formula is C15H25NO4. The third kappa shape index (κ3) is 4.67. The van der Waals surface area contributed by atoms with Crippen molar-refractivity contribution in [2.24, 2.45) is 0 Å². The second kappa shape index (κ2) is 8.79. The first kappa shape index (κ1) is 16.8. The Bertz CT molecular complexity index is 397. The molecule has 0 spiro atoms. The predicted octanol–water partition coefficient (Wildman–Crippen LogP) is 1.75. The minimum atomic E-state index is -0.600. The molecule has 2 atom stereocenters. The smallest absolute Gasteiger partial charge is 0.161 e. The van der Waals surface area contributed by atoms with E-state index in [1.807, 2.05) is 13.0 Å². The van der Waals surface area contributed by atoms with Gasteiger partial charge in [0.05, 0.1) is 20.3 Å². The molecule has 0 aromatic heterocycles. The molecule has 0 bridgehead atoms. The molecule has 0 fully saturated rings. The number of hydrogen-bond donors (Lipinski definition) is 2. The van der Waals surface area contributed by atoms with E-state index >= 15 is 0 Å². The summed E-state index contributed by atoms with van der Waals surface area (Å²) in [6.07, 6.45) is 0.316. The summed E-state index contributed by atoms with van der Waals surface area (Å²) >= 11 is 0. The van der Waals surface area contributed by atoms with Gasteiger partial charge in [0, 0.05) is 19.8 Å². The normalized spacial score (nSPS) is 13.8. The van der Waals surface area contributed by atoms with Crippen LogP contribution < -0.4 is 14.8 Å². The van der Waals surface area contributed by atoms with Gasteiger partial charge in [-0.2, -0.15) is 0 Å². The van der Waals surface area contributed by atoms with Crippen LogP contribution in [0.3, 0.4) is 0 Å². The largest absolute Gasteiger partial charge is 0.493 e. The molecule has 2 N–H and O–H groups in total. The maximum atomic E-state index is 10.3. The highest BCUT2D eigenvalue weighted by Crippen LogP contribution is 2.30. The zero-order valence-electron chi connectivity index (χ0n) is 12.7. The zero-order valence-corrected chi connectivity index (χ0v) is 12.7. The summed E-state index contributed by atoms with van der Waals surface area (Å²) in [5.41, 5.74) is 0.800. The van der Waals surface area contributed by atoms with Crippen LogP contribution in [0.15, 0.2) is 18.2 Å². The lowest BCUT2D eigenvalue weighted by atomic mass is 10.0. The average molecular weight is 283 g/mol. The highest BCUT2D eigenvalue weighted by Gasteiger charge is 2.17. The third-order valence-corrected chi connectivity index (χ3v) is 3.21. The van der Waals surface area contributed by atoms with E-state index in [9.17, 15) is 5.11 Å². The van der Waals surface area contributed by atoms with Crippen LogP contribution in [0.2, 0.25) is 0 Å². The number of benzene rings is 1. The van der Waals surface area contributed by atoms with Gasteiger partial charge in [0.2, 0.25) is 0 Å². The Morgan fingerprint density at radius 2 is 1.85 bits per heavy atom. The highest BCUT2D eigenvalue weighted by atomic mass is 16.5. The van der Waals surface area contributed by atoms with E-state index in [0.717, 1.165) is 18.5 Å². The van der Waals surface area contributed by atoms with E-state index in [1.165, 1.54) is 0 Å². The van der Waals surface area contributed by atoms with Crippen LogP contribution in [0, 0.1) is 0 Å². The molecule has 0 amide bonds. The Balaban J connectivity index is 2.63. The fourth-order valence-corrected chi connectivity index (χ4v) is 1.98. The first-order chi connectivity index (χ1) is 9.63. The minimum absolute atomic E-state index is 0.0510. The van der Waals surface area contributed by atoms with E-state index in [1.54, 1.807) is 33.5 Å². The quantitative estimate of drug-likeness (QED) is 0.676. The van der Waals surface area contributed by atoms with Gasteiger partial charge in [-0.1, -0.05) is 6.07 Å². The van der Waals surface area contributed by atoms with Crippen molar-refractivity contribution in [1.29, 1.82) is 0 Å². The molecule has 5 heteroatoms. The Hall–Kier alpha value is -1.30. The van der Waals surface area contributed by atoms with Gasteiger partial charge in [-0.25, -0.2) is 0 Å². The molecule has 0 radical (unpaired) electrons. The summed E-state index contributed by atoms with van der Waals surface area (Å²) in [4.78, 5) is 0. The van der Waals surface area contributed by atoms with Crippen LogP contribution >= 0.6 is 0 Å². The van der Waals surface area contributed by atoms with Gasteiger partial charge < -0.3 is 24.6 Å². The van der Waals surface area contributed by atoms with Crippen molar-refractivity contribution >= 4 is 0 Å². The van der Waals surface area contributed by atoms with E-state index in [-0.39, 0.29) is 6.04 Å². The highest BCUT2D eigenvalue weighted by molar-refractivity contribution is 5.43. The van der Waals surface area contributed by atoms with Gasteiger partial charge in [-0.3, -0.25) is 0 Å². The number of rotatable bonds is 9. The van der Waals surface area contributed by atoms with E-state index in [2.05, 4.69) is 5.32 Å². The Labute approximate surface area is 120 Å². The van der Waals surface area contributed by atoms with Gasteiger partial charge in [0.25, 0.3) is 0 Å². The minimum Gasteiger partial charge on any atom is -0.493 e. The number of aliphatic hydroxyl groups excluding tert-OH is 1. The topological polar surface area (TPSA) is 60.0 Å². The molecule has 0 aliphatic rings. The summed E-state index contributed by atoms with van der Waals surface area (Å²) < 4.78 is 15.4. The standard InChI is InChI=1S/C15H25NO4/c1-11(16-8-5-9-18-2)15(17)12-6-7-13(19-3)14(10-12)20-4/h6-7,10-11,15-17H,5,8-9H2,1-4H3. The van der Waals surface area contributed by atoms with Crippen molar-refractivity contribution in [2.45, 2.75) is 25.5 Å². The number of aliphatic hydroxyl groups is 1. The Kier molecular flexibility index (Phi) is 7.36. The predicted molar refractivity (Wildman–Crippen MR) is 78.5 cm³/mol. The van der Waals surface area contributed by atoms with Crippen molar-refractivity contribution in [1.82, 2.24) is 5.32 Å². The summed E-state index contributed by atoms with van der Waals surface area (Å²) in [5, 5.41) is 13.6. The molecule has 20 heavy (non-hydrogen) atoms. The van der Waals surface area contributed by atoms with Crippen LogP contribution in [0.25, 0.3) is 0 Å². The van der Waals surface area contributed by atoms with Crippen LogP contribution in [0.1, 0.15) is 25.0 Å². The Morgan fingerprint density at radius 1 is 1.15 bits per heavy atom. The second-order valence-electron chi connectivity index (χ2n) is 4.65. The number of nitrogens with one attached hydrogen (secondary N) is 1. The van der Waals surface area contributed by atoms with Crippen LogP contribution in [0.4, 0.5) is 0 Å². The molecule has 0 saturated carbocycles. The van der Waals surface area contributed by atoms with Crippen molar-refractivity contribution in [2.75, 3.05) is 34.5 Å². The SMILES string of the molecule is COCCCNC(C)C(O)c1ccc(OC)c(OC)c1. The molecule has 5 nitrogen and oxygen atoms in total. The van der Waals surface area contributed by atoms with E-state index in [0.29, 0.717) is 18.1 Å². The number of hydrogen-bond acceptors (Lipinski definition) is 5.